The van der Waals surface area contributed by atoms with Crippen LogP contribution in [0.15, 0.2) is 0 Å². The fraction of sp³-hybridized carbons (Fsp3) is 0.600. The molecule has 0 saturated heterocycles. The maximum absolute atomic E-state index is 9.77. The van der Waals surface area contributed by atoms with Crippen LogP contribution in [-0.4, -0.2) is 17.0 Å². The molecule has 0 heterocycles. The summed E-state index contributed by atoms with van der Waals surface area (Å²) in [5.74, 6) is -2.17. The van der Waals surface area contributed by atoms with Gasteiger partial charge in [0.05, 0.1) is 0 Å². The summed E-state index contributed by atoms with van der Waals surface area (Å²) in [7, 11) is 0. The molecule has 4 nitrogen and oxygen atoms in total. The Morgan fingerprint density at radius 3 is 2.22 bits per heavy atom. The van der Waals surface area contributed by atoms with Crippen LogP contribution in [0.5, 0.6) is 0 Å². The highest BCUT2D eigenvalue weighted by Gasteiger charge is 1.94. The van der Waals surface area contributed by atoms with Gasteiger partial charge in [0, 0.05) is 12.4 Å². The van der Waals surface area contributed by atoms with Gasteiger partial charge in [-0.05, 0) is 12.8 Å². The summed E-state index contributed by atoms with van der Waals surface area (Å²) in [4.78, 5) is 19.4. The zero-order chi connectivity index (χ0) is 7.28. The molecule has 0 unspecified atom stereocenters. The number of carboxylic acid groups (broad SMARTS) is 2. The summed E-state index contributed by atoms with van der Waals surface area (Å²) in [6, 6.07) is 0. The van der Waals surface area contributed by atoms with Crippen molar-refractivity contribution >= 4 is 11.9 Å². The van der Waals surface area contributed by atoms with E-state index in [1.807, 2.05) is 0 Å². The van der Waals surface area contributed by atoms with E-state index in [1.54, 1.807) is 0 Å². The van der Waals surface area contributed by atoms with Crippen molar-refractivity contribution in [2.45, 2.75) is 19.3 Å². The summed E-state index contributed by atoms with van der Waals surface area (Å²) in [5.41, 5.74) is 0. The van der Waals surface area contributed by atoms with Crippen LogP contribution in [0, 0.1) is 0 Å². The second-order valence-corrected chi connectivity index (χ2v) is 1.62. The van der Waals surface area contributed by atoms with Gasteiger partial charge in [-0.2, -0.15) is 0 Å². The molecule has 0 fully saturated rings. The molecule has 0 aliphatic heterocycles. The maximum atomic E-state index is 9.77. The summed E-state index contributed by atoms with van der Waals surface area (Å²) < 4.78 is 0. The average Bonchev–Trinajstić information content (AvgIpc) is 1.63. The van der Waals surface area contributed by atoms with Crippen molar-refractivity contribution in [3.63, 3.8) is 0 Å². The summed E-state index contributed by atoms with van der Waals surface area (Å²) >= 11 is 0. The number of carbonyl (C=O) groups excluding carboxylic acids is 1. The van der Waals surface area contributed by atoms with Crippen LogP contribution < -0.4 is 5.11 Å². The Morgan fingerprint density at radius 2 is 1.89 bits per heavy atom. The van der Waals surface area contributed by atoms with Gasteiger partial charge in [0.1, 0.15) is 0 Å². The SMILES string of the molecule is O=C([O-])CCCC(=O)O. The fourth-order valence-corrected chi connectivity index (χ4v) is 0.384. The third-order valence-corrected chi connectivity index (χ3v) is 0.772. The molecule has 0 aromatic carbocycles. The van der Waals surface area contributed by atoms with E-state index >= 15 is 0 Å². The number of carbonyl (C=O) groups is 2. The fourth-order valence-electron chi connectivity index (χ4n) is 0.384. The maximum Gasteiger partial charge on any atom is 0.303 e. The first-order chi connectivity index (χ1) is 4.13. The van der Waals surface area contributed by atoms with Crippen molar-refractivity contribution in [3.05, 3.63) is 0 Å². The summed E-state index contributed by atoms with van der Waals surface area (Å²) in [6.45, 7) is 0. The highest BCUT2D eigenvalue weighted by molar-refractivity contribution is 5.68. The van der Waals surface area contributed by atoms with Crippen molar-refractivity contribution in [2.24, 2.45) is 0 Å². The Hall–Kier alpha value is -1.06. The van der Waals surface area contributed by atoms with Gasteiger partial charge in [0.25, 0.3) is 0 Å². The van der Waals surface area contributed by atoms with Gasteiger partial charge in [0.2, 0.25) is 0 Å². The Bertz CT molecular complexity index is 104. The van der Waals surface area contributed by atoms with Gasteiger partial charge in [-0.25, -0.2) is 0 Å². The van der Waals surface area contributed by atoms with Gasteiger partial charge >= 0.3 is 5.97 Å². The van der Waals surface area contributed by atoms with Crippen LogP contribution in [0.2, 0.25) is 0 Å². The van der Waals surface area contributed by atoms with Crippen LogP contribution in [0.4, 0.5) is 0 Å². The molecule has 0 rings (SSSR count). The van der Waals surface area contributed by atoms with E-state index in [0.717, 1.165) is 0 Å². The van der Waals surface area contributed by atoms with Gasteiger partial charge < -0.3 is 15.0 Å². The van der Waals surface area contributed by atoms with E-state index in [9.17, 15) is 14.7 Å². The predicted molar refractivity (Wildman–Crippen MR) is 26.5 cm³/mol. The average molecular weight is 131 g/mol. The molecule has 9 heavy (non-hydrogen) atoms. The van der Waals surface area contributed by atoms with Crippen molar-refractivity contribution in [3.8, 4) is 0 Å². The lowest BCUT2D eigenvalue weighted by molar-refractivity contribution is -0.305. The van der Waals surface area contributed by atoms with Crippen molar-refractivity contribution < 1.29 is 19.8 Å². The highest BCUT2D eigenvalue weighted by Crippen LogP contribution is 1.92. The number of rotatable bonds is 4. The van der Waals surface area contributed by atoms with Gasteiger partial charge in [-0.1, -0.05) is 0 Å². The first-order valence-corrected chi connectivity index (χ1v) is 2.54. The van der Waals surface area contributed by atoms with Gasteiger partial charge in [0.15, 0.2) is 0 Å². The molecule has 4 heteroatoms. The second kappa shape index (κ2) is 3.88. The molecule has 0 aromatic rings. The minimum absolute atomic E-state index is 0.103. The number of aliphatic carboxylic acids is 2. The summed E-state index contributed by atoms with van der Waals surface area (Å²) in [5, 5.41) is 17.7. The Kier molecular flexibility index (Phi) is 3.43. The van der Waals surface area contributed by atoms with Crippen LogP contribution >= 0.6 is 0 Å². The van der Waals surface area contributed by atoms with E-state index in [4.69, 9.17) is 5.11 Å². The molecule has 0 spiro atoms. The third kappa shape index (κ3) is 6.94. The standard InChI is InChI=1S/C5H8O4/c6-4(7)2-1-3-5(8)9/h1-3H2,(H,6,7)(H,8,9)/p-1. The molecule has 0 atom stereocenters. The van der Waals surface area contributed by atoms with Gasteiger partial charge in [-0.3, -0.25) is 4.79 Å². The van der Waals surface area contributed by atoms with Crippen LogP contribution in [0.3, 0.4) is 0 Å². The molecular weight excluding hydrogens is 124 g/mol. The summed E-state index contributed by atoms with van der Waals surface area (Å²) in [6.07, 6.45) is -0.127. The molecule has 0 radical (unpaired) electrons. The van der Waals surface area contributed by atoms with Crippen molar-refractivity contribution in [2.75, 3.05) is 0 Å². The topological polar surface area (TPSA) is 77.4 Å². The number of hydrogen-bond acceptors (Lipinski definition) is 3. The number of hydrogen-bond donors (Lipinski definition) is 1. The lowest BCUT2D eigenvalue weighted by Crippen LogP contribution is -2.21. The van der Waals surface area contributed by atoms with Crippen LogP contribution in [0.25, 0.3) is 0 Å². The zero-order valence-electron chi connectivity index (χ0n) is 4.79. The van der Waals surface area contributed by atoms with E-state index in [2.05, 4.69) is 0 Å². The second-order valence-electron chi connectivity index (χ2n) is 1.62. The first-order valence-electron chi connectivity index (χ1n) is 2.54. The molecule has 0 aromatic heterocycles. The number of carboxylic acids is 2. The smallest absolute Gasteiger partial charge is 0.303 e. The van der Waals surface area contributed by atoms with E-state index in [0.29, 0.717) is 0 Å². The molecule has 0 amide bonds. The Balaban J connectivity index is 3.10. The minimum Gasteiger partial charge on any atom is -0.550 e. The first kappa shape index (κ1) is 7.94. The molecule has 0 aliphatic carbocycles. The highest BCUT2D eigenvalue weighted by atomic mass is 16.4. The van der Waals surface area contributed by atoms with Crippen LogP contribution in [0.1, 0.15) is 19.3 Å². The van der Waals surface area contributed by atoms with E-state index in [1.165, 1.54) is 0 Å². The monoisotopic (exact) mass is 131 g/mol. The Morgan fingerprint density at radius 1 is 1.33 bits per heavy atom. The zero-order valence-corrected chi connectivity index (χ0v) is 4.79. The molecule has 0 bridgehead atoms. The largest absolute Gasteiger partial charge is 0.550 e. The van der Waals surface area contributed by atoms with E-state index in [-0.39, 0.29) is 19.3 Å². The molecule has 0 aliphatic rings. The van der Waals surface area contributed by atoms with Crippen molar-refractivity contribution in [1.82, 2.24) is 0 Å². The molecular formula is C5H7O4-. The lowest BCUT2D eigenvalue weighted by Gasteiger charge is -1.96. The van der Waals surface area contributed by atoms with E-state index < -0.39 is 11.9 Å². The molecule has 52 valence electrons. The molecule has 1 N–H and O–H groups in total. The predicted octanol–water partition coefficient (Wildman–Crippen LogP) is -1.01. The van der Waals surface area contributed by atoms with Gasteiger partial charge in [-0.15, -0.1) is 0 Å². The normalized spacial score (nSPS) is 8.89. The van der Waals surface area contributed by atoms with Crippen molar-refractivity contribution in [1.29, 1.82) is 0 Å². The lowest BCUT2D eigenvalue weighted by atomic mass is 10.2. The Labute approximate surface area is 52.1 Å². The molecule has 0 saturated carbocycles. The third-order valence-electron chi connectivity index (χ3n) is 0.772. The quantitative estimate of drug-likeness (QED) is 0.530. The minimum atomic E-state index is -1.20. The van der Waals surface area contributed by atoms with Crippen LogP contribution in [-0.2, 0) is 9.59 Å².